The van der Waals surface area contributed by atoms with Crippen molar-refractivity contribution < 1.29 is 13.2 Å². The number of nitrogens with zero attached hydrogens (tertiary/aromatic N) is 2. The average molecular weight is 350 g/mol. The Morgan fingerprint density at radius 1 is 1.21 bits per heavy atom. The lowest BCUT2D eigenvalue weighted by Gasteiger charge is -2.22. The number of carbonyl (C=O) groups excluding carboxylic acids is 1. The second-order valence-corrected chi connectivity index (χ2v) is 8.64. The number of hydrogen-bond donors (Lipinski definition) is 0. The number of benzene rings is 1. The van der Waals surface area contributed by atoms with Gasteiger partial charge in [-0.2, -0.15) is 0 Å². The molecular weight excluding hydrogens is 324 g/mol. The van der Waals surface area contributed by atoms with E-state index in [1.807, 2.05) is 14.1 Å². The topological polar surface area (TPSA) is 57.7 Å². The number of anilines is 1. The van der Waals surface area contributed by atoms with Gasteiger partial charge in [0.2, 0.25) is 10.0 Å². The third-order valence-electron chi connectivity index (χ3n) is 4.36. The van der Waals surface area contributed by atoms with Gasteiger partial charge >= 0.3 is 0 Å². The normalized spacial score (nSPS) is 15.8. The Labute approximate surface area is 145 Å². The monoisotopic (exact) mass is 350 g/mol. The second-order valence-electron chi connectivity index (χ2n) is 6.59. The molecular formula is C18H26N2O3S. The SMILES string of the molecule is CN(C)C=CC(=O)c1cccc(N(C)S(=O)(=O)CC2CCCC2)c1. The van der Waals surface area contributed by atoms with Gasteiger partial charge < -0.3 is 4.90 Å². The number of sulfonamides is 1. The maximum Gasteiger partial charge on any atom is 0.235 e. The maximum atomic E-state index is 12.6. The van der Waals surface area contributed by atoms with Crippen LogP contribution in [0.5, 0.6) is 0 Å². The lowest BCUT2D eigenvalue weighted by atomic mass is 10.1. The van der Waals surface area contributed by atoms with Crippen LogP contribution in [0, 0.1) is 5.92 Å². The van der Waals surface area contributed by atoms with Gasteiger partial charge in [0, 0.05) is 39.0 Å². The molecule has 6 heteroatoms. The zero-order valence-corrected chi connectivity index (χ0v) is 15.4. The zero-order chi connectivity index (χ0) is 17.7. The van der Waals surface area contributed by atoms with Gasteiger partial charge in [0.1, 0.15) is 0 Å². The van der Waals surface area contributed by atoms with Crippen LogP contribution in [-0.4, -0.2) is 46.0 Å². The van der Waals surface area contributed by atoms with Crippen LogP contribution in [0.4, 0.5) is 5.69 Å². The summed E-state index contributed by atoms with van der Waals surface area (Å²) >= 11 is 0. The van der Waals surface area contributed by atoms with Crippen molar-refractivity contribution in [2.75, 3.05) is 31.2 Å². The first-order valence-corrected chi connectivity index (χ1v) is 9.86. The largest absolute Gasteiger partial charge is 0.383 e. The van der Waals surface area contributed by atoms with Crippen LogP contribution in [-0.2, 0) is 10.0 Å². The molecule has 24 heavy (non-hydrogen) atoms. The average Bonchev–Trinajstić information content (AvgIpc) is 3.04. The van der Waals surface area contributed by atoms with Crippen LogP contribution in [0.3, 0.4) is 0 Å². The van der Waals surface area contributed by atoms with Crippen LogP contribution < -0.4 is 4.31 Å². The number of hydrogen-bond acceptors (Lipinski definition) is 4. The van der Waals surface area contributed by atoms with Gasteiger partial charge in [-0.3, -0.25) is 9.10 Å². The minimum Gasteiger partial charge on any atom is -0.383 e. The van der Waals surface area contributed by atoms with Crippen LogP contribution in [0.2, 0.25) is 0 Å². The highest BCUT2D eigenvalue weighted by Crippen LogP contribution is 2.28. The van der Waals surface area contributed by atoms with Gasteiger partial charge in [-0.25, -0.2) is 8.42 Å². The van der Waals surface area contributed by atoms with E-state index in [4.69, 9.17) is 0 Å². The molecule has 0 heterocycles. The number of ketones is 1. The molecule has 1 aromatic rings. The van der Waals surface area contributed by atoms with Crippen LogP contribution >= 0.6 is 0 Å². The first-order chi connectivity index (χ1) is 11.3. The molecule has 0 radical (unpaired) electrons. The predicted molar refractivity (Wildman–Crippen MR) is 97.7 cm³/mol. The predicted octanol–water partition coefficient (Wildman–Crippen LogP) is 2.90. The first kappa shape index (κ1) is 18.5. The molecule has 1 aliphatic carbocycles. The summed E-state index contributed by atoms with van der Waals surface area (Å²) in [6.45, 7) is 0. The fraction of sp³-hybridized carbons (Fsp3) is 0.500. The standard InChI is InChI=1S/C18H26N2O3S/c1-19(2)12-11-18(21)16-9-6-10-17(13-16)20(3)24(22,23)14-15-7-4-5-8-15/h6,9-13,15H,4-5,7-8,14H2,1-3H3. The van der Waals surface area contributed by atoms with E-state index in [1.54, 1.807) is 42.4 Å². The van der Waals surface area contributed by atoms with Gasteiger partial charge in [0.15, 0.2) is 5.78 Å². The fourth-order valence-electron chi connectivity index (χ4n) is 2.92. The lowest BCUT2D eigenvalue weighted by molar-refractivity contribution is 0.104. The molecule has 1 fully saturated rings. The Bertz CT molecular complexity index is 705. The van der Waals surface area contributed by atoms with Gasteiger partial charge in [0.25, 0.3) is 0 Å². The quantitative estimate of drug-likeness (QED) is 0.560. The molecule has 0 bridgehead atoms. The molecule has 1 saturated carbocycles. The Balaban J connectivity index is 2.16. The Morgan fingerprint density at radius 2 is 1.88 bits per heavy atom. The van der Waals surface area contributed by atoms with E-state index in [0.29, 0.717) is 11.3 Å². The van der Waals surface area contributed by atoms with E-state index in [0.717, 1.165) is 25.7 Å². The zero-order valence-electron chi connectivity index (χ0n) is 14.6. The van der Waals surface area contributed by atoms with E-state index in [1.165, 1.54) is 10.4 Å². The van der Waals surface area contributed by atoms with Crippen LogP contribution in [0.25, 0.3) is 0 Å². The highest BCUT2D eigenvalue weighted by Gasteiger charge is 2.26. The van der Waals surface area contributed by atoms with E-state index in [9.17, 15) is 13.2 Å². The molecule has 0 aromatic heterocycles. The summed E-state index contributed by atoms with van der Waals surface area (Å²) in [6, 6.07) is 6.77. The van der Waals surface area contributed by atoms with Gasteiger partial charge in [0.05, 0.1) is 11.4 Å². The highest BCUT2D eigenvalue weighted by atomic mass is 32.2. The van der Waals surface area contributed by atoms with E-state index in [-0.39, 0.29) is 17.5 Å². The smallest absolute Gasteiger partial charge is 0.235 e. The maximum absolute atomic E-state index is 12.6. The molecule has 0 unspecified atom stereocenters. The first-order valence-electron chi connectivity index (χ1n) is 8.25. The molecule has 0 aliphatic heterocycles. The van der Waals surface area contributed by atoms with Crippen LogP contribution in [0.15, 0.2) is 36.5 Å². The molecule has 0 amide bonds. The molecule has 0 saturated heterocycles. The van der Waals surface area contributed by atoms with Crippen molar-refractivity contribution in [2.24, 2.45) is 5.92 Å². The van der Waals surface area contributed by atoms with E-state index < -0.39 is 10.0 Å². The summed E-state index contributed by atoms with van der Waals surface area (Å²) in [7, 11) is 1.86. The molecule has 0 atom stereocenters. The molecule has 2 rings (SSSR count). The van der Waals surface area contributed by atoms with Crippen molar-refractivity contribution in [2.45, 2.75) is 25.7 Å². The summed E-state index contributed by atoms with van der Waals surface area (Å²) in [5, 5.41) is 0. The van der Waals surface area contributed by atoms with Crippen molar-refractivity contribution in [3.05, 3.63) is 42.1 Å². The molecule has 0 spiro atoms. The van der Waals surface area contributed by atoms with Crippen molar-refractivity contribution >= 4 is 21.5 Å². The third-order valence-corrected chi connectivity index (χ3v) is 6.29. The van der Waals surface area contributed by atoms with Gasteiger partial charge in [-0.1, -0.05) is 25.0 Å². The van der Waals surface area contributed by atoms with Crippen molar-refractivity contribution in [3.8, 4) is 0 Å². The second kappa shape index (κ2) is 7.83. The summed E-state index contributed by atoms with van der Waals surface area (Å²) in [4.78, 5) is 13.9. The fourth-order valence-corrected chi connectivity index (χ4v) is 4.50. The third kappa shape index (κ3) is 4.84. The summed E-state index contributed by atoms with van der Waals surface area (Å²) in [6.07, 6.45) is 7.36. The van der Waals surface area contributed by atoms with Crippen molar-refractivity contribution in [3.63, 3.8) is 0 Å². The molecule has 5 nitrogen and oxygen atoms in total. The summed E-state index contributed by atoms with van der Waals surface area (Å²) < 4.78 is 26.5. The highest BCUT2D eigenvalue weighted by molar-refractivity contribution is 7.92. The van der Waals surface area contributed by atoms with Gasteiger partial charge in [-0.05, 0) is 30.9 Å². The van der Waals surface area contributed by atoms with Crippen LogP contribution in [0.1, 0.15) is 36.0 Å². The van der Waals surface area contributed by atoms with E-state index >= 15 is 0 Å². The van der Waals surface area contributed by atoms with Crippen molar-refractivity contribution in [1.29, 1.82) is 0 Å². The van der Waals surface area contributed by atoms with E-state index in [2.05, 4.69) is 0 Å². The number of allylic oxidation sites excluding steroid dienone is 1. The number of carbonyl (C=O) groups is 1. The summed E-state index contributed by atoms with van der Waals surface area (Å²) in [5.41, 5.74) is 1.01. The van der Waals surface area contributed by atoms with Crippen molar-refractivity contribution in [1.82, 2.24) is 4.90 Å². The Hall–Kier alpha value is -1.82. The molecule has 132 valence electrons. The minimum absolute atomic E-state index is 0.146. The number of rotatable bonds is 7. The Morgan fingerprint density at radius 3 is 2.50 bits per heavy atom. The Kier molecular flexibility index (Phi) is 6.04. The summed E-state index contributed by atoms with van der Waals surface area (Å²) in [5.74, 6) is 0.291. The molecule has 1 aromatic carbocycles. The van der Waals surface area contributed by atoms with Gasteiger partial charge in [-0.15, -0.1) is 0 Å². The molecule has 0 N–H and O–H groups in total. The lowest BCUT2D eigenvalue weighted by Crippen LogP contribution is -2.31. The molecule has 1 aliphatic rings. The minimum atomic E-state index is -3.37.